The smallest absolute Gasteiger partial charge is 0.292 e. The van der Waals surface area contributed by atoms with E-state index in [1.165, 1.54) is 0 Å². The van der Waals surface area contributed by atoms with Gasteiger partial charge >= 0.3 is 0 Å². The van der Waals surface area contributed by atoms with Crippen LogP contribution in [0.5, 0.6) is 0 Å². The minimum Gasteiger partial charge on any atom is -0.454 e. The molecule has 0 atom stereocenters. The number of aryl methyl sites for hydroxylation is 3. The summed E-state index contributed by atoms with van der Waals surface area (Å²) in [6.07, 6.45) is 0. The molecule has 3 aromatic heterocycles. The van der Waals surface area contributed by atoms with Crippen molar-refractivity contribution in [2.75, 3.05) is 5.32 Å². The Balaban J connectivity index is 1.71. The first-order valence-corrected chi connectivity index (χ1v) is 7.36. The van der Waals surface area contributed by atoms with Crippen molar-refractivity contribution in [2.24, 2.45) is 0 Å². The van der Waals surface area contributed by atoms with Crippen LogP contribution in [-0.4, -0.2) is 20.7 Å². The number of amides is 1. The fourth-order valence-corrected chi connectivity index (χ4v) is 2.36. The Labute approximate surface area is 134 Å². The Morgan fingerprint density at radius 1 is 1.17 bits per heavy atom. The molecule has 0 saturated carbocycles. The van der Waals surface area contributed by atoms with Crippen molar-refractivity contribution >= 4 is 11.7 Å². The predicted molar refractivity (Wildman–Crippen MR) is 86.4 cm³/mol. The van der Waals surface area contributed by atoms with Crippen molar-refractivity contribution in [3.8, 4) is 0 Å². The maximum absolute atomic E-state index is 12.2. The van der Waals surface area contributed by atoms with Crippen molar-refractivity contribution in [1.82, 2.24) is 14.8 Å². The minimum absolute atomic E-state index is 0.254. The molecular formula is C17H18N4O2. The number of carbonyl (C=O) groups is 1. The molecule has 0 saturated heterocycles. The number of pyridine rings is 1. The van der Waals surface area contributed by atoms with Gasteiger partial charge in [-0.15, -0.1) is 0 Å². The van der Waals surface area contributed by atoms with Gasteiger partial charge in [0.25, 0.3) is 5.91 Å². The zero-order valence-electron chi connectivity index (χ0n) is 13.3. The second-order valence-corrected chi connectivity index (χ2v) is 5.47. The molecule has 118 valence electrons. The van der Waals surface area contributed by atoms with Crippen LogP contribution in [0.3, 0.4) is 0 Å². The van der Waals surface area contributed by atoms with Gasteiger partial charge < -0.3 is 9.73 Å². The van der Waals surface area contributed by atoms with E-state index in [9.17, 15) is 4.79 Å². The monoisotopic (exact) mass is 310 g/mol. The zero-order chi connectivity index (χ0) is 16.4. The number of carbonyl (C=O) groups excluding carboxylic acids is 1. The normalized spacial score (nSPS) is 10.7. The maximum Gasteiger partial charge on any atom is 0.292 e. The minimum atomic E-state index is -0.317. The standard InChI is InChI=1S/C17H18N4O2/c1-11-5-4-6-16(18-11)19-17(22)15-8-7-14(23-15)10-21-13(3)9-12(2)20-21/h4-9H,10H2,1-3H3,(H,18,19,22). The summed E-state index contributed by atoms with van der Waals surface area (Å²) in [6.45, 7) is 6.30. The molecule has 3 aromatic rings. The summed E-state index contributed by atoms with van der Waals surface area (Å²) in [4.78, 5) is 16.4. The third-order valence-corrected chi connectivity index (χ3v) is 3.42. The number of nitrogens with one attached hydrogen (secondary N) is 1. The average Bonchev–Trinajstić information content (AvgIpc) is 3.06. The second-order valence-electron chi connectivity index (χ2n) is 5.47. The number of hydrogen-bond acceptors (Lipinski definition) is 4. The van der Waals surface area contributed by atoms with Crippen LogP contribution in [0.1, 0.15) is 33.4 Å². The first kappa shape index (κ1) is 15.0. The molecule has 6 nitrogen and oxygen atoms in total. The van der Waals surface area contributed by atoms with Gasteiger partial charge in [0, 0.05) is 11.4 Å². The molecule has 3 rings (SSSR count). The highest BCUT2D eigenvalue weighted by Gasteiger charge is 2.13. The third-order valence-electron chi connectivity index (χ3n) is 3.42. The van der Waals surface area contributed by atoms with Crippen molar-refractivity contribution in [3.63, 3.8) is 0 Å². The molecule has 1 amide bonds. The van der Waals surface area contributed by atoms with E-state index in [-0.39, 0.29) is 11.7 Å². The van der Waals surface area contributed by atoms with E-state index in [4.69, 9.17) is 4.42 Å². The van der Waals surface area contributed by atoms with E-state index in [0.29, 0.717) is 18.1 Å². The van der Waals surface area contributed by atoms with Crippen LogP contribution < -0.4 is 5.32 Å². The first-order chi connectivity index (χ1) is 11.0. The highest BCUT2D eigenvalue weighted by atomic mass is 16.4. The molecular weight excluding hydrogens is 292 g/mol. The average molecular weight is 310 g/mol. The Kier molecular flexibility index (Phi) is 3.97. The molecule has 0 unspecified atom stereocenters. The largest absolute Gasteiger partial charge is 0.454 e. The van der Waals surface area contributed by atoms with Gasteiger partial charge in [0.15, 0.2) is 5.76 Å². The molecule has 0 spiro atoms. The van der Waals surface area contributed by atoms with Crippen molar-refractivity contribution in [1.29, 1.82) is 0 Å². The van der Waals surface area contributed by atoms with Crippen molar-refractivity contribution in [2.45, 2.75) is 27.3 Å². The van der Waals surface area contributed by atoms with Gasteiger partial charge in [0.1, 0.15) is 11.6 Å². The highest BCUT2D eigenvalue weighted by molar-refractivity contribution is 6.01. The number of hydrogen-bond donors (Lipinski definition) is 1. The van der Waals surface area contributed by atoms with Crippen molar-refractivity contribution in [3.05, 3.63) is 65.0 Å². The van der Waals surface area contributed by atoms with Crippen LogP contribution in [0.2, 0.25) is 0 Å². The van der Waals surface area contributed by atoms with E-state index in [0.717, 1.165) is 17.1 Å². The molecule has 0 bridgehead atoms. The molecule has 0 aliphatic carbocycles. The van der Waals surface area contributed by atoms with E-state index in [2.05, 4.69) is 15.4 Å². The summed E-state index contributed by atoms with van der Waals surface area (Å²) in [5.41, 5.74) is 2.85. The molecule has 0 fully saturated rings. The molecule has 23 heavy (non-hydrogen) atoms. The molecule has 6 heteroatoms. The number of anilines is 1. The van der Waals surface area contributed by atoms with E-state index >= 15 is 0 Å². The first-order valence-electron chi connectivity index (χ1n) is 7.36. The number of rotatable bonds is 4. The summed E-state index contributed by atoms with van der Waals surface area (Å²) in [5.74, 6) is 1.12. The van der Waals surface area contributed by atoms with Crippen LogP contribution in [0.4, 0.5) is 5.82 Å². The van der Waals surface area contributed by atoms with E-state index in [1.54, 1.807) is 18.2 Å². The van der Waals surface area contributed by atoms with Gasteiger partial charge in [-0.05, 0) is 51.1 Å². The lowest BCUT2D eigenvalue weighted by molar-refractivity contribution is 0.0994. The maximum atomic E-state index is 12.2. The lowest BCUT2D eigenvalue weighted by atomic mass is 10.3. The van der Waals surface area contributed by atoms with Gasteiger partial charge in [-0.1, -0.05) is 6.07 Å². The van der Waals surface area contributed by atoms with Gasteiger partial charge in [-0.2, -0.15) is 5.10 Å². The zero-order valence-corrected chi connectivity index (χ0v) is 13.3. The van der Waals surface area contributed by atoms with Crippen LogP contribution >= 0.6 is 0 Å². The Bertz CT molecular complexity index is 848. The molecule has 0 radical (unpaired) electrons. The lowest BCUT2D eigenvalue weighted by Gasteiger charge is -2.03. The van der Waals surface area contributed by atoms with Crippen molar-refractivity contribution < 1.29 is 9.21 Å². The summed E-state index contributed by atoms with van der Waals surface area (Å²) in [7, 11) is 0. The second kappa shape index (κ2) is 6.08. The van der Waals surface area contributed by atoms with Crippen LogP contribution in [0.25, 0.3) is 0 Å². The molecule has 0 aliphatic heterocycles. The van der Waals surface area contributed by atoms with E-state index in [1.807, 2.05) is 43.7 Å². The lowest BCUT2D eigenvalue weighted by Crippen LogP contribution is -2.12. The van der Waals surface area contributed by atoms with Gasteiger partial charge in [-0.25, -0.2) is 4.98 Å². The molecule has 1 N–H and O–H groups in total. The summed E-state index contributed by atoms with van der Waals surface area (Å²) in [6, 6.07) is 10.9. The van der Waals surface area contributed by atoms with E-state index < -0.39 is 0 Å². The Morgan fingerprint density at radius 3 is 2.70 bits per heavy atom. The molecule has 3 heterocycles. The highest BCUT2D eigenvalue weighted by Crippen LogP contribution is 2.13. The van der Waals surface area contributed by atoms with Crippen LogP contribution in [0, 0.1) is 20.8 Å². The number of nitrogens with zero attached hydrogens (tertiary/aromatic N) is 3. The molecule has 0 aliphatic rings. The SMILES string of the molecule is Cc1cccc(NC(=O)c2ccc(Cn3nc(C)cc3C)o2)n1. The molecule has 0 aromatic carbocycles. The quantitative estimate of drug-likeness (QED) is 0.803. The fourth-order valence-electron chi connectivity index (χ4n) is 2.36. The topological polar surface area (TPSA) is 73.0 Å². The Hall–Kier alpha value is -2.89. The van der Waals surface area contributed by atoms with Gasteiger partial charge in [-0.3, -0.25) is 9.48 Å². The summed E-state index contributed by atoms with van der Waals surface area (Å²) < 4.78 is 7.46. The van der Waals surface area contributed by atoms with Crippen LogP contribution in [0.15, 0.2) is 40.8 Å². The van der Waals surface area contributed by atoms with Gasteiger partial charge in [0.05, 0.1) is 12.2 Å². The number of furan rings is 1. The Morgan fingerprint density at radius 2 is 2.00 bits per heavy atom. The fraction of sp³-hybridized carbons (Fsp3) is 0.235. The summed E-state index contributed by atoms with van der Waals surface area (Å²) in [5, 5.41) is 7.11. The number of aromatic nitrogens is 3. The third kappa shape index (κ3) is 3.48. The van der Waals surface area contributed by atoms with Gasteiger partial charge in [0.2, 0.25) is 0 Å². The predicted octanol–water partition coefficient (Wildman–Crippen LogP) is 3.10. The summed E-state index contributed by atoms with van der Waals surface area (Å²) >= 11 is 0. The van der Waals surface area contributed by atoms with Crippen LogP contribution in [-0.2, 0) is 6.54 Å².